The molecule has 6 nitrogen and oxygen atoms in total. The van der Waals surface area contributed by atoms with Crippen LogP contribution in [0.25, 0.3) is 0 Å². The van der Waals surface area contributed by atoms with Gasteiger partial charge in [0.15, 0.2) is 0 Å². The lowest BCUT2D eigenvalue weighted by Crippen LogP contribution is -2.43. The lowest BCUT2D eigenvalue weighted by Gasteiger charge is -2.32. The van der Waals surface area contributed by atoms with Crippen LogP contribution in [-0.4, -0.2) is 27.3 Å². The SMILES string of the molecule is CC(C)(C)C(NC(=O)NCCc1nnc2n1CCCCC2)c1ccccc1. The number of carbonyl (C=O) groups excluding carboxylic acids is 1. The van der Waals surface area contributed by atoms with Gasteiger partial charge in [0, 0.05) is 25.9 Å². The Morgan fingerprint density at radius 3 is 2.67 bits per heavy atom. The summed E-state index contributed by atoms with van der Waals surface area (Å²) in [6, 6.07) is 9.92. The maximum absolute atomic E-state index is 12.5. The third kappa shape index (κ3) is 5.08. The first kappa shape index (κ1) is 19.4. The van der Waals surface area contributed by atoms with Gasteiger partial charge in [0.05, 0.1) is 6.04 Å². The van der Waals surface area contributed by atoms with Crippen molar-refractivity contribution in [2.24, 2.45) is 5.41 Å². The quantitative estimate of drug-likeness (QED) is 0.845. The number of urea groups is 1. The van der Waals surface area contributed by atoms with Crippen LogP contribution in [0.15, 0.2) is 30.3 Å². The van der Waals surface area contributed by atoms with Crippen LogP contribution in [0.3, 0.4) is 0 Å². The minimum Gasteiger partial charge on any atom is -0.338 e. The van der Waals surface area contributed by atoms with Gasteiger partial charge in [-0.1, -0.05) is 57.5 Å². The molecule has 1 aliphatic rings. The maximum atomic E-state index is 12.5. The average Bonchev–Trinajstić information content (AvgIpc) is 2.86. The average molecular weight is 370 g/mol. The molecule has 0 aliphatic carbocycles. The van der Waals surface area contributed by atoms with E-state index in [1.54, 1.807) is 0 Å². The predicted molar refractivity (Wildman–Crippen MR) is 106 cm³/mol. The van der Waals surface area contributed by atoms with Crippen LogP contribution in [0.4, 0.5) is 4.79 Å². The second kappa shape index (κ2) is 8.55. The highest BCUT2D eigenvalue weighted by molar-refractivity contribution is 5.74. The van der Waals surface area contributed by atoms with Crippen molar-refractivity contribution in [3.8, 4) is 0 Å². The minimum absolute atomic E-state index is 0.0527. The molecule has 0 spiro atoms. The molecule has 6 heteroatoms. The fourth-order valence-corrected chi connectivity index (χ4v) is 3.65. The van der Waals surface area contributed by atoms with E-state index in [9.17, 15) is 4.79 Å². The van der Waals surface area contributed by atoms with Gasteiger partial charge in [-0.05, 0) is 23.8 Å². The number of hydrogen-bond acceptors (Lipinski definition) is 3. The van der Waals surface area contributed by atoms with E-state index in [4.69, 9.17) is 0 Å². The van der Waals surface area contributed by atoms with Crippen LogP contribution in [-0.2, 0) is 19.4 Å². The Balaban J connectivity index is 1.55. The predicted octanol–water partition coefficient (Wildman–Crippen LogP) is 3.63. The lowest BCUT2D eigenvalue weighted by molar-refractivity contribution is 0.218. The number of fused-ring (bicyclic) bond motifs is 1. The molecule has 2 aromatic rings. The Hall–Kier alpha value is -2.37. The molecular formula is C21H31N5O. The van der Waals surface area contributed by atoms with Crippen molar-refractivity contribution in [3.63, 3.8) is 0 Å². The molecule has 1 aliphatic heterocycles. The molecule has 0 fully saturated rings. The van der Waals surface area contributed by atoms with Gasteiger partial charge in [-0.3, -0.25) is 0 Å². The van der Waals surface area contributed by atoms with Crippen molar-refractivity contribution in [1.29, 1.82) is 0 Å². The molecule has 27 heavy (non-hydrogen) atoms. The van der Waals surface area contributed by atoms with E-state index in [0.717, 1.165) is 30.2 Å². The topological polar surface area (TPSA) is 71.8 Å². The smallest absolute Gasteiger partial charge is 0.315 e. The summed E-state index contributed by atoms with van der Waals surface area (Å²) in [5, 5.41) is 14.8. The summed E-state index contributed by atoms with van der Waals surface area (Å²) in [6.45, 7) is 7.95. The van der Waals surface area contributed by atoms with Crippen molar-refractivity contribution in [2.45, 2.75) is 65.5 Å². The van der Waals surface area contributed by atoms with E-state index in [1.165, 1.54) is 19.3 Å². The summed E-state index contributed by atoms with van der Waals surface area (Å²) < 4.78 is 2.23. The molecule has 0 saturated carbocycles. The summed E-state index contributed by atoms with van der Waals surface area (Å²) in [6.07, 6.45) is 5.32. The molecule has 3 rings (SSSR count). The van der Waals surface area contributed by atoms with Gasteiger partial charge in [0.25, 0.3) is 0 Å². The van der Waals surface area contributed by atoms with Crippen LogP contribution in [0, 0.1) is 5.41 Å². The maximum Gasteiger partial charge on any atom is 0.315 e. The van der Waals surface area contributed by atoms with Crippen LogP contribution in [0.1, 0.15) is 63.3 Å². The molecule has 0 radical (unpaired) electrons. The zero-order valence-electron chi connectivity index (χ0n) is 16.7. The van der Waals surface area contributed by atoms with Crippen molar-refractivity contribution in [2.75, 3.05) is 6.54 Å². The Bertz CT molecular complexity index is 748. The van der Waals surface area contributed by atoms with E-state index in [-0.39, 0.29) is 17.5 Å². The second-order valence-electron chi connectivity index (χ2n) is 8.35. The highest BCUT2D eigenvalue weighted by atomic mass is 16.2. The van der Waals surface area contributed by atoms with Crippen LogP contribution < -0.4 is 10.6 Å². The third-order valence-electron chi connectivity index (χ3n) is 5.09. The highest BCUT2D eigenvalue weighted by Gasteiger charge is 2.27. The summed E-state index contributed by atoms with van der Waals surface area (Å²) in [4.78, 5) is 12.5. The number of aromatic nitrogens is 3. The van der Waals surface area contributed by atoms with Crippen LogP contribution in [0.2, 0.25) is 0 Å². The molecule has 0 saturated heterocycles. The molecule has 1 atom stereocenters. The molecule has 146 valence electrons. The van der Waals surface area contributed by atoms with Crippen molar-refractivity contribution in [1.82, 2.24) is 25.4 Å². The molecule has 2 heterocycles. The number of rotatable bonds is 5. The van der Waals surface area contributed by atoms with Gasteiger partial charge in [0.2, 0.25) is 0 Å². The Labute approximate surface area is 161 Å². The number of carbonyl (C=O) groups is 1. The van der Waals surface area contributed by atoms with Crippen LogP contribution in [0.5, 0.6) is 0 Å². The first-order valence-corrected chi connectivity index (χ1v) is 9.95. The molecule has 2 amide bonds. The third-order valence-corrected chi connectivity index (χ3v) is 5.09. The van der Waals surface area contributed by atoms with Crippen molar-refractivity contribution < 1.29 is 4.79 Å². The lowest BCUT2D eigenvalue weighted by atomic mass is 9.82. The fourth-order valence-electron chi connectivity index (χ4n) is 3.65. The van der Waals surface area contributed by atoms with Crippen molar-refractivity contribution >= 4 is 6.03 Å². The molecular weight excluding hydrogens is 338 g/mol. The zero-order valence-corrected chi connectivity index (χ0v) is 16.7. The summed E-state index contributed by atoms with van der Waals surface area (Å²) in [5.74, 6) is 2.06. The van der Waals surface area contributed by atoms with Crippen molar-refractivity contribution in [3.05, 3.63) is 47.5 Å². The summed E-state index contributed by atoms with van der Waals surface area (Å²) in [5.41, 5.74) is 1.03. The van der Waals surface area contributed by atoms with Gasteiger partial charge in [0.1, 0.15) is 11.6 Å². The molecule has 1 aromatic heterocycles. The van der Waals surface area contributed by atoms with E-state index in [0.29, 0.717) is 13.0 Å². The van der Waals surface area contributed by atoms with E-state index < -0.39 is 0 Å². The second-order valence-corrected chi connectivity index (χ2v) is 8.35. The highest BCUT2D eigenvalue weighted by Crippen LogP contribution is 2.32. The normalized spacial score (nSPS) is 15.5. The Kier molecular flexibility index (Phi) is 6.14. The van der Waals surface area contributed by atoms with Gasteiger partial charge in [-0.15, -0.1) is 10.2 Å². The number of amides is 2. The molecule has 2 N–H and O–H groups in total. The van der Waals surface area contributed by atoms with E-state index in [1.807, 2.05) is 18.2 Å². The van der Waals surface area contributed by atoms with Gasteiger partial charge in [-0.25, -0.2) is 4.79 Å². The molecule has 1 aromatic carbocycles. The van der Waals surface area contributed by atoms with E-state index >= 15 is 0 Å². The van der Waals surface area contributed by atoms with E-state index in [2.05, 4.69) is 58.3 Å². The fraction of sp³-hybridized carbons (Fsp3) is 0.571. The summed E-state index contributed by atoms with van der Waals surface area (Å²) in [7, 11) is 0. The Morgan fingerprint density at radius 1 is 1.15 bits per heavy atom. The standard InChI is InChI=1S/C21H31N5O/c1-21(2,3)19(16-10-6-4-7-11-16)23-20(27)22-14-13-18-25-24-17-12-8-5-9-15-26(17)18/h4,6-7,10-11,19H,5,8-9,12-15H2,1-3H3,(H2,22,23,27). The summed E-state index contributed by atoms with van der Waals surface area (Å²) >= 11 is 0. The van der Waals surface area contributed by atoms with Gasteiger partial charge < -0.3 is 15.2 Å². The molecule has 1 unspecified atom stereocenters. The van der Waals surface area contributed by atoms with Gasteiger partial charge >= 0.3 is 6.03 Å². The number of benzene rings is 1. The zero-order chi connectivity index (χ0) is 19.3. The molecule has 0 bridgehead atoms. The first-order chi connectivity index (χ1) is 12.9. The Morgan fingerprint density at radius 2 is 1.93 bits per heavy atom. The minimum atomic E-state index is -0.144. The number of aryl methyl sites for hydroxylation is 1. The van der Waals surface area contributed by atoms with Gasteiger partial charge in [-0.2, -0.15) is 0 Å². The van der Waals surface area contributed by atoms with Crippen LogP contribution >= 0.6 is 0 Å². The first-order valence-electron chi connectivity index (χ1n) is 9.95. The number of nitrogens with one attached hydrogen (secondary N) is 2. The number of nitrogens with zero attached hydrogens (tertiary/aromatic N) is 3. The largest absolute Gasteiger partial charge is 0.338 e. The monoisotopic (exact) mass is 369 g/mol. The number of hydrogen-bond donors (Lipinski definition) is 2.